The average molecular weight is 266 g/mol. The van der Waals surface area contributed by atoms with Crippen molar-refractivity contribution in [3.63, 3.8) is 0 Å². The van der Waals surface area contributed by atoms with Crippen LogP contribution in [-0.4, -0.2) is 43.2 Å². The second-order valence-corrected chi connectivity index (χ2v) is 5.54. The van der Waals surface area contributed by atoms with Crippen molar-refractivity contribution < 1.29 is 9.50 Å². The number of hydrogen-bond donors (Lipinski definition) is 1. The third kappa shape index (κ3) is 3.25. The van der Waals surface area contributed by atoms with Crippen LogP contribution in [0.15, 0.2) is 18.2 Å². The second-order valence-electron chi connectivity index (χ2n) is 5.54. The highest BCUT2D eigenvalue weighted by atomic mass is 19.1. The van der Waals surface area contributed by atoms with Crippen molar-refractivity contribution >= 4 is 5.69 Å². The van der Waals surface area contributed by atoms with Crippen LogP contribution in [0.25, 0.3) is 0 Å². The number of likely N-dealkylation sites (tertiary alicyclic amines) is 1. The summed E-state index contributed by atoms with van der Waals surface area (Å²) >= 11 is 0. The molecule has 0 saturated carbocycles. The molecule has 4 heteroatoms. The van der Waals surface area contributed by atoms with E-state index in [1.165, 1.54) is 25.0 Å². The fourth-order valence-corrected chi connectivity index (χ4v) is 2.83. The van der Waals surface area contributed by atoms with Gasteiger partial charge in [0.1, 0.15) is 5.82 Å². The molecular formula is C15H23FN2O. The van der Waals surface area contributed by atoms with Gasteiger partial charge in [-0.15, -0.1) is 0 Å². The summed E-state index contributed by atoms with van der Waals surface area (Å²) in [4.78, 5) is 4.48. The van der Waals surface area contributed by atoms with Crippen LogP contribution in [0.2, 0.25) is 0 Å². The average Bonchev–Trinajstić information content (AvgIpc) is 2.74. The van der Waals surface area contributed by atoms with Gasteiger partial charge in [-0.1, -0.05) is 0 Å². The minimum absolute atomic E-state index is 0.300. The van der Waals surface area contributed by atoms with Gasteiger partial charge >= 0.3 is 0 Å². The molecule has 1 aliphatic heterocycles. The lowest BCUT2D eigenvalue weighted by atomic mass is 10.1. The highest BCUT2D eigenvalue weighted by Gasteiger charge is 2.23. The van der Waals surface area contributed by atoms with Crippen LogP contribution in [0.5, 0.6) is 0 Å². The van der Waals surface area contributed by atoms with Gasteiger partial charge in [-0.05, 0) is 51.6 Å². The van der Waals surface area contributed by atoms with Gasteiger partial charge in [-0.25, -0.2) is 4.39 Å². The summed E-state index contributed by atoms with van der Waals surface area (Å²) in [5.41, 5.74) is 1.57. The van der Waals surface area contributed by atoms with E-state index in [1.807, 2.05) is 7.05 Å². The predicted octanol–water partition coefficient (Wildman–Crippen LogP) is 2.41. The Morgan fingerprint density at radius 3 is 2.84 bits per heavy atom. The molecule has 0 spiro atoms. The Morgan fingerprint density at radius 1 is 1.53 bits per heavy atom. The first-order valence-electron chi connectivity index (χ1n) is 6.88. The fourth-order valence-electron chi connectivity index (χ4n) is 2.83. The van der Waals surface area contributed by atoms with E-state index in [4.69, 9.17) is 0 Å². The normalized spacial score (nSPS) is 21.6. The quantitative estimate of drug-likeness (QED) is 0.906. The molecule has 1 N–H and O–H groups in total. The summed E-state index contributed by atoms with van der Waals surface area (Å²) in [5.74, 6) is -0.300. The zero-order valence-electron chi connectivity index (χ0n) is 11.9. The lowest BCUT2D eigenvalue weighted by Crippen LogP contribution is -2.37. The summed E-state index contributed by atoms with van der Waals surface area (Å²) < 4.78 is 13.3. The van der Waals surface area contributed by atoms with Gasteiger partial charge < -0.3 is 14.9 Å². The fraction of sp³-hybridized carbons (Fsp3) is 0.600. The van der Waals surface area contributed by atoms with Crippen LogP contribution < -0.4 is 4.90 Å². The highest BCUT2D eigenvalue weighted by molar-refractivity contribution is 5.54. The predicted molar refractivity (Wildman–Crippen MR) is 76.0 cm³/mol. The minimum atomic E-state index is -0.658. The van der Waals surface area contributed by atoms with E-state index in [0.29, 0.717) is 11.6 Å². The molecule has 2 unspecified atom stereocenters. The molecule has 2 atom stereocenters. The smallest absolute Gasteiger partial charge is 0.123 e. The Morgan fingerprint density at radius 2 is 2.26 bits per heavy atom. The zero-order chi connectivity index (χ0) is 14.0. The maximum Gasteiger partial charge on any atom is 0.123 e. The summed E-state index contributed by atoms with van der Waals surface area (Å²) in [5, 5.41) is 9.79. The van der Waals surface area contributed by atoms with Crippen LogP contribution in [-0.2, 0) is 0 Å². The number of likely N-dealkylation sites (N-methyl/N-ethyl adjacent to an activating group) is 2. The van der Waals surface area contributed by atoms with E-state index in [9.17, 15) is 9.50 Å². The topological polar surface area (TPSA) is 26.7 Å². The lowest BCUT2D eigenvalue weighted by molar-refractivity contribution is 0.199. The molecule has 0 radical (unpaired) electrons. The summed E-state index contributed by atoms with van der Waals surface area (Å²) in [6.07, 6.45) is 1.78. The number of nitrogens with zero attached hydrogens (tertiary/aromatic N) is 2. The third-order valence-electron chi connectivity index (χ3n) is 4.01. The molecule has 0 aliphatic carbocycles. The van der Waals surface area contributed by atoms with E-state index in [0.717, 1.165) is 18.8 Å². The molecule has 106 valence electrons. The zero-order valence-corrected chi connectivity index (χ0v) is 11.9. The molecule has 19 heavy (non-hydrogen) atoms. The van der Waals surface area contributed by atoms with Crippen molar-refractivity contribution in [3.8, 4) is 0 Å². The van der Waals surface area contributed by atoms with Crippen LogP contribution in [0, 0.1) is 5.82 Å². The number of anilines is 1. The summed E-state index contributed by atoms with van der Waals surface area (Å²) in [7, 11) is 4.15. The SMILES string of the molecule is CC(O)c1cc(F)ccc1N(C)CC1CCCN1C. The van der Waals surface area contributed by atoms with Gasteiger partial charge in [0.05, 0.1) is 6.10 Å². The van der Waals surface area contributed by atoms with Gasteiger partial charge in [0.2, 0.25) is 0 Å². The molecule has 1 aromatic rings. The molecule has 1 saturated heterocycles. The van der Waals surface area contributed by atoms with Gasteiger partial charge in [-0.2, -0.15) is 0 Å². The van der Waals surface area contributed by atoms with Crippen LogP contribution >= 0.6 is 0 Å². The lowest BCUT2D eigenvalue weighted by Gasteiger charge is -2.29. The Hall–Kier alpha value is -1.13. The molecule has 0 aromatic heterocycles. The number of halogens is 1. The second kappa shape index (κ2) is 5.88. The first kappa shape index (κ1) is 14.3. The number of aliphatic hydroxyl groups excluding tert-OH is 1. The van der Waals surface area contributed by atoms with E-state index in [-0.39, 0.29) is 5.82 Å². The number of benzene rings is 1. The summed E-state index contributed by atoms with van der Waals surface area (Å²) in [6.45, 7) is 3.72. The Bertz CT molecular complexity index is 436. The van der Waals surface area contributed by atoms with E-state index in [1.54, 1.807) is 13.0 Å². The molecular weight excluding hydrogens is 243 g/mol. The number of rotatable bonds is 4. The van der Waals surface area contributed by atoms with Gasteiger partial charge in [0.15, 0.2) is 0 Å². The van der Waals surface area contributed by atoms with Gasteiger partial charge in [0.25, 0.3) is 0 Å². The number of aliphatic hydroxyl groups is 1. The van der Waals surface area contributed by atoms with E-state index >= 15 is 0 Å². The first-order chi connectivity index (χ1) is 8.99. The van der Waals surface area contributed by atoms with Crippen molar-refractivity contribution in [1.29, 1.82) is 0 Å². The molecule has 1 heterocycles. The van der Waals surface area contributed by atoms with Crippen molar-refractivity contribution in [2.75, 3.05) is 32.1 Å². The Labute approximate surface area is 114 Å². The van der Waals surface area contributed by atoms with Crippen LogP contribution in [0.4, 0.5) is 10.1 Å². The standard InChI is InChI=1S/C15H23FN2O/c1-11(19)14-9-12(16)6-7-15(14)18(3)10-13-5-4-8-17(13)2/h6-7,9,11,13,19H,4-5,8,10H2,1-3H3. The van der Waals surface area contributed by atoms with E-state index in [2.05, 4.69) is 16.8 Å². The van der Waals surface area contributed by atoms with Crippen molar-refractivity contribution in [2.45, 2.75) is 31.9 Å². The summed E-state index contributed by atoms with van der Waals surface area (Å²) in [6, 6.07) is 5.17. The highest BCUT2D eigenvalue weighted by Crippen LogP contribution is 2.28. The third-order valence-corrected chi connectivity index (χ3v) is 4.01. The van der Waals surface area contributed by atoms with E-state index < -0.39 is 6.10 Å². The monoisotopic (exact) mass is 266 g/mol. The van der Waals surface area contributed by atoms with Crippen LogP contribution in [0.3, 0.4) is 0 Å². The maximum absolute atomic E-state index is 13.3. The first-order valence-corrected chi connectivity index (χ1v) is 6.88. The minimum Gasteiger partial charge on any atom is -0.389 e. The largest absolute Gasteiger partial charge is 0.389 e. The maximum atomic E-state index is 13.3. The van der Waals surface area contributed by atoms with Gasteiger partial charge in [0, 0.05) is 30.9 Å². The molecule has 3 nitrogen and oxygen atoms in total. The van der Waals surface area contributed by atoms with Crippen LogP contribution in [0.1, 0.15) is 31.4 Å². The van der Waals surface area contributed by atoms with Crippen molar-refractivity contribution in [1.82, 2.24) is 4.90 Å². The number of hydrogen-bond acceptors (Lipinski definition) is 3. The molecule has 1 aliphatic rings. The molecule has 0 bridgehead atoms. The van der Waals surface area contributed by atoms with Crippen molar-refractivity contribution in [3.05, 3.63) is 29.6 Å². The Kier molecular flexibility index (Phi) is 4.42. The molecule has 2 rings (SSSR count). The van der Waals surface area contributed by atoms with Gasteiger partial charge in [-0.3, -0.25) is 0 Å². The Balaban J connectivity index is 2.16. The molecule has 1 aromatic carbocycles. The van der Waals surface area contributed by atoms with Crippen molar-refractivity contribution in [2.24, 2.45) is 0 Å². The molecule has 0 amide bonds. The molecule has 1 fully saturated rings.